The number of aromatic nitrogens is 4. The maximum atomic E-state index is 9.67. The minimum atomic E-state index is 0.251. The van der Waals surface area contributed by atoms with Gasteiger partial charge in [0.2, 0.25) is 0 Å². The zero-order valence-corrected chi connectivity index (χ0v) is 12.3. The molecular formula is C18H14N4O. The first-order valence-electron chi connectivity index (χ1n) is 7.33. The molecule has 3 aromatic heterocycles. The molecule has 23 heavy (non-hydrogen) atoms. The van der Waals surface area contributed by atoms with E-state index < -0.39 is 0 Å². The van der Waals surface area contributed by atoms with E-state index in [1.807, 2.05) is 47.0 Å². The van der Waals surface area contributed by atoms with Gasteiger partial charge < -0.3 is 5.11 Å². The van der Waals surface area contributed by atoms with E-state index >= 15 is 0 Å². The highest BCUT2D eigenvalue weighted by atomic mass is 16.3. The van der Waals surface area contributed by atoms with E-state index in [4.69, 9.17) is 4.98 Å². The molecule has 0 unspecified atom stereocenters. The summed E-state index contributed by atoms with van der Waals surface area (Å²) < 4.78 is 1.96. The highest BCUT2D eigenvalue weighted by Gasteiger charge is 2.14. The second-order valence-corrected chi connectivity index (χ2v) is 5.24. The molecule has 0 fully saturated rings. The summed E-state index contributed by atoms with van der Waals surface area (Å²) in [5.74, 6) is 1.87. The Labute approximate surface area is 132 Å². The van der Waals surface area contributed by atoms with Crippen LogP contribution in [0, 0.1) is 0 Å². The van der Waals surface area contributed by atoms with Crippen molar-refractivity contribution in [1.82, 2.24) is 19.5 Å². The molecular weight excluding hydrogens is 288 g/mol. The predicted molar refractivity (Wildman–Crippen MR) is 87.6 cm³/mol. The second kappa shape index (κ2) is 5.53. The van der Waals surface area contributed by atoms with E-state index in [1.165, 1.54) is 0 Å². The normalized spacial score (nSPS) is 11.0. The Kier molecular flexibility index (Phi) is 3.24. The first kappa shape index (κ1) is 13.5. The molecule has 0 radical (unpaired) electrons. The van der Waals surface area contributed by atoms with E-state index in [0.29, 0.717) is 6.42 Å². The zero-order chi connectivity index (χ0) is 15.6. The molecule has 0 amide bonds. The lowest BCUT2D eigenvalue weighted by molar-refractivity contribution is 0.474. The molecule has 3 heterocycles. The predicted octanol–water partition coefficient (Wildman–Crippen LogP) is 3.11. The molecule has 0 aliphatic carbocycles. The van der Waals surface area contributed by atoms with Crippen LogP contribution in [0.25, 0.3) is 17.0 Å². The largest absolute Gasteiger partial charge is 0.508 e. The topological polar surface area (TPSA) is 63.8 Å². The van der Waals surface area contributed by atoms with Gasteiger partial charge in [0, 0.05) is 18.8 Å². The van der Waals surface area contributed by atoms with E-state index in [9.17, 15) is 5.11 Å². The van der Waals surface area contributed by atoms with E-state index in [1.54, 1.807) is 24.5 Å². The van der Waals surface area contributed by atoms with E-state index in [-0.39, 0.29) is 5.75 Å². The average molecular weight is 302 g/mol. The fraction of sp³-hybridized carbons (Fsp3) is 0.0556. The number of aromatic hydroxyl groups is 1. The summed E-state index contributed by atoms with van der Waals surface area (Å²) in [6.45, 7) is 0. The number of rotatable bonds is 3. The Bertz CT molecular complexity index is 963. The number of hydrogen-bond acceptors (Lipinski definition) is 4. The van der Waals surface area contributed by atoms with Gasteiger partial charge in [0.15, 0.2) is 5.65 Å². The summed E-state index contributed by atoms with van der Waals surface area (Å²) >= 11 is 0. The molecule has 0 saturated carbocycles. The molecule has 5 heteroatoms. The number of phenolic OH excluding ortho intramolecular Hbond substituents is 1. The summed E-state index contributed by atoms with van der Waals surface area (Å²) in [6.07, 6.45) is 4.09. The van der Waals surface area contributed by atoms with E-state index in [2.05, 4.69) is 9.97 Å². The summed E-state index contributed by atoms with van der Waals surface area (Å²) in [6, 6.07) is 16.8. The molecule has 0 atom stereocenters. The molecule has 112 valence electrons. The van der Waals surface area contributed by atoms with Crippen molar-refractivity contribution in [3.8, 4) is 11.6 Å². The third-order valence-corrected chi connectivity index (χ3v) is 3.64. The second-order valence-electron chi connectivity index (χ2n) is 5.24. The molecule has 0 aliphatic heterocycles. The highest BCUT2D eigenvalue weighted by Crippen LogP contribution is 2.21. The smallest absolute Gasteiger partial charge is 0.165 e. The summed E-state index contributed by atoms with van der Waals surface area (Å²) in [7, 11) is 0. The highest BCUT2D eigenvalue weighted by molar-refractivity contribution is 5.73. The van der Waals surface area contributed by atoms with Crippen LogP contribution >= 0.6 is 0 Å². The summed E-state index contributed by atoms with van der Waals surface area (Å²) in [5, 5.41) is 9.67. The van der Waals surface area contributed by atoms with Crippen molar-refractivity contribution in [2.75, 3.05) is 0 Å². The molecule has 1 N–H and O–H groups in total. The van der Waals surface area contributed by atoms with Crippen LogP contribution in [0.1, 0.15) is 11.4 Å². The number of fused-ring (bicyclic) bond motifs is 1. The van der Waals surface area contributed by atoms with Crippen molar-refractivity contribution in [3.05, 3.63) is 78.4 Å². The molecule has 4 rings (SSSR count). The molecule has 5 nitrogen and oxygen atoms in total. The lowest BCUT2D eigenvalue weighted by atomic mass is 10.1. The van der Waals surface area contributed by atoms with Gasteiger partial charge in [-0.3, -0.25) is 4.57 Å². The molecule has 0 aliphatic rings. The Balaban J connectivity index is 1.89. The minimum Gasteiger partial charge on any atom is -0.508 e. The number of benzene rings is 1. The number of pyridine rings is 2. The van der Waals surface area contributed by atoms with Crippen LogP contribution in [0.4, 0.5) is 0 Å². The van der Waals surface area contributed by atoms with E-state index in [0.717, 1.165) is 28.4 Å². The van der Waals surface area contributed by atoms with Crippen LogP contribution in [-0.2, 0) is 6.42 Å². The fourth-order valence-electron chi connectivity index (χ4n) is 2.65. The quantitative estimate of drug-likeness (QED) is 0.631. The van der Waals surface area contributed by atoms with Gasteiger partial charge in [-0.05, 0) is 42.0 Å². The Morgan fingerprint density at radius 2 is 1.83 bits per heavy atom. The number of nitrogens with zero attached hydrogens (tertiary/aromatic N) is 4. The van der Waals surface area contributed by atoms with Crippen molar-refractivity contribution >= 4 is 11.2 Å². The van der Waals surface area contributed by atoms with Crippen molar-refractivity contribution in [1.29, 1.82) is 0 Å². The molecule has 4 aromatic rings. The number of hydrogen-bond donors (Lipinski definition) is 1. The Hall–Kier alpha value is -3.21. The van der Waals surface area contributed by atoms with Gasteiger partial charge in [-0.1, -0.05) is 18.2 Å². The van der Waals surface area contributed by atoms with Gasteiger partial charge in [0.05, 0.1) is 0 Å². The standard InChI is InChI=1S/C18H14N4O/c23-14-6-3-5-13(11-14)12-17-21-15-7-4-10-20-18(15)22(17)16-8-1-2-9-19-16/h1-11,23H,12H2. The van der Waals surface area contributed by atoms with Crippen LogP contribution in [0.3, 0.4) is 0 Å². The SMILES string of the molecule is Oc1cccc(Cc2nc3cccnc3n2-c2ccccn2)c1. The monoisotopic (exact) mass is 302 g/mol. The third kappa shape index (κ3) is 2.53. The lowest BCUT2D eigenvalue weighted by Gasteiger charge is -2.07. The maximum Gasteiger partial charge on any atom is 0.165 e. The first-order valence-corrected chi connectivity index (χ1v) is 7.33. The van der Waals surface area contributed by atoms with Crippen LogP contribution in [-0.4, -0.2) is 24.6 Å². The maximum absolute atomic E-state index is 9.67. The zero-order valence-electron chi connectivity index (χ0n) is 12.3. The van der Waals surface area contributed by atoms with Crippen molar-refractivity contribution in [2.45, 2.75) is 6.42 Å². The Morgan fingerprint density at radius 1 is 0.913 bits per heavy atom. The van der Waals surface area contributed by atoms with Crippen LogP contribution < -0.4 is 0 Å². The third-order valence-electron chi connectivity index (χ3n) is 3.64. The molecule has 1 aromatic carbocycles. The Morgan fingerprint density at radius 3 is 2.65 bits per heavy atom. The van der Waals surface area contributed by atoms with Crippen molar-refractivity contribution < 1.29 is 5.11 Å². The van der Waals surface area contributed by atoms with Crippen molar-refractivity contribution in [2.24, 2.45) is 0 Å². The average Bonchev–Trinajstić information content (AvgIpc) is 2.93. The van der Waals surface area contributed by atoms with Gasteiger partial charge in [-0.2, -0.15) is 0 Å². The van der Waals surface area contributed by atoms with Gasteiger partial charge in [0.25, 0.3) is 0 Å². The van der Waals surface area contributed by atoms with Gasteiger partial charge in [-0.25, -0.2) is 15.0 Å². The van der Waals surface area contributed by atoms with Crippen LogP contribution in [0.2, 0.25) is 0 Å². The van der Waals surface area contributed by atoms with Gasteiger partial charge in [-0.15, -0.1) is 0 Å². The number of phenols is 1. The first-order chi connectivity index (χ1) is 11.3. The molecule has 0 bridgehead atoms. The molecule has 0 spiro atoms. The van der Waals surface area contributed by atoms with Crippen LogP contribution in [0.15, 0.2) is 67.0 Å². The van der Waals surface area contributed by atoms with Gasteiger partial charge >= 0.3 is 0 Å². The van der Waals surface area contributed by atoms with Gasteiger partial charge in [0.1, 0.15) is 22.9 Å². The fourth-order valence-corrected chi connectivity index (χ4v) is 2.65. The summed E-state index contributed by atoms with van der Waals surface area (Å²) in [5.41, 5.74) is 2.59. The molecule has 0 saturated heterocycles. The van der Waals surface area contributed by atoms with Crippen LogP contribution in [0.5, 0.6) is 5.75 Å². The number of imidazole rings is 1. The van der Waals surface area contributed by atoms with Crippen molar-refractivity contribution in [3.63, 3.8) is 0 Å². The minimum absolute atomic E-state index is 0.251. The summed E-state index contributed by atoms with van der Waals surface area (Å²) in [4.78, 5) is 13.6. The lowest BCUT2D eigenvalue weighted by Crippen LogP contribution is -2.04.